The number of hydrogen-bond acceptors (Lipinski definition) is 1. The molecule has 99 valence electrons. The molecule has 4 rings (SSSR count). The highest BCUT2D eigenvalue weighted by molar-refractivity contribution is 6.11. The molecule has 0 heterocycles. The summed E-state index contributed by atoms with van der Waals surface area (Å²) in [6.07, 6.45) is 0. The fraction of sp³-hybridized carbons (Fsp3) is 0. The van der Waals surface area contributed by atoms with Crippen LogP contribution in [0.4, 0.5) is 0 Å². The third-order valence-electron chi connectivity index (χ3n) is 3.85. The quantitative estimate of drug-likeness (QED) is 0.473. The normalized spacial score (nSPS) is 11.0. The van der Waals surface area contributed by atoms with Crippen LogP contribution in [0.2, 0.25) is 0 Å². The highest BCUT2D eigenvalue weighted by Crippen LogP contribution is 2.33. The van der Waals surface area contributed by atoms with Gasteiger partial charge in [-0.1, -0.05) is 54.6 Å². The molecule has 0 aliphatic rings. The van der Waals surface area contributed by atoms with Gasteiger partial charge in [0.05, 0.1) is 0 Å². The zero-order valence-corrected chi connectivity index (χ0v) is 11.4. The Morgan fingerprint density at radius 3 is 2.43 bits per heavy atom. The zero-order chi connectivity index (χ0) is 14.2. The first-order valence-electron chi connectivity index (χ1n) is 6.94. The molecule has 0 amide bonds. The highest BCUT2D eigenvalue weighted by atomic mass is 16.3. The lowest BCUT2D eigenvalue weighted by atomic mass is 9.95. The van der Waals surface area contributed by atoms with Crippen molar-refractivity contribution in [2.75, 3.05) is 0 Å². The summed E-state index contributed by atoms with van der Waals surface area (Å²) in [5.74, 6) is 0.286. The molecule has 0 bridgehead atoms. The van der Waals surface area contributed by atoms with Gasteiger partial charge in [0.15, 0.2) is 0 Å². The molecule has 1 radical (unpaired) electrons. The van der Waals surface area contributed by atoms with E-state index in [-0.39, 0.29) is 5.75 Å². The SMILES string of the molecule is Oc1cccc(-c2cccc3c2c[c]c2ccccc23)c1. The maximum absolute atomic E-state index is 9.71. The molecule has 1 N–H and O–H groups in total. The first-order chi connectivity index (χ1) is 10.3. The minimum Gasteiger partial charge on any atom is -0.508 e. The van der Waals surface area contributed by atoms with Crippen LogP contribution < -0.4 is 0 Å². The van der Waals surface area contributed by atoms with Gasteiger partial charge in [-0.3, -0.25) is 0 Å². The predicted molar refractivity (Wildman–Crippen MR) is 87.4 cm³/mol. The predicted octanol–water partition coefficient (Wildman–Crippen LogP) is 5.17. The van der Waals surface area contributed by atoms with E-state index in [1.54, 1.807) is 12.1 Å². The van der Waals surface area contributed by atoms with E-state index in [0.29, 0.717) is 0 Å². The average Bonchev–Trinajstić information content (AvgIpc) is 2.54. The summed E-state index contributed by atoms with van der Waals surface area (Å²) in [5.41, 5.74) is 2.13. The second kappa shape index (κ2) is 4.64. The maximum atomic E-state index is 9.71. The van der Waals surface area contributed by atoms with Crippen LogP contribution in [0, 0.1) is 6.07 Å². The Morgan fingerprint density at radius 2 is 1.52 bits per heavy atom. The molecule has 1 heteroatoms. The van der Waals surface area contributed by atoms with Crippen LogP contribution in [0.5, 0.6) is 5.75 Å². The van der Waals surface area contributed by atoms with Gasteiger partial charge in [-0.25, -0.2) is 0 Å². The molecule has 0 aliphatic carbocycles. The molecule has 0 aromatic heterocycles. The van der Waals surface area contributed by atoms with E-state index in [1.807, 2.05) is 24.3 Å². The zero-order valence-electron chi connectivity index (χ0n) is 11.4. The first kappa shape index (κ1) is 12.0. The number of fused-ring (bicyclic) bond motifs is 3. The lowest BCUT2D eigenvalue weighted by molar-refractivity contribution is 0.475. The summed E-state index contributed by atoms with van der Waals surface area (Å²) in [6.45, 7) is 0. The van der Waals surface area contributed by atoms with E-state index < -0.39 is 0 Å². The van der Waals surface area contributed by atoms with Crippen molar-refractivity contribution in [1.82, 2.24) is 0 Å². The summed E-state index contributed by atoms with van der Waals surface area (Å²) in [7, 11) is 0. The minimum absolute atomic E-state index is 0.286. The van der Waals surface area contributed by atoms with Crippen molar-refractivity contribution in [2.24, 2.45) is 0 Å². The number of aromatic hydroxyl groups is 1. The van der Waals surface area contributed by atoms with E-state index in [0.717, 1.165) is 21.9 Å². The van der Waals surface area contributed by atoms with Gasteiger partial charge in [0.1, 0.15) is 5.75 Å². The molecule has 4 aromatic carbocycles. The summed E-state index contributed by atoms with van der Waals surface area (Å²) in [6, 6.07) is 27.3. The second-order valence-corrected chi connectivity index (χ2v) is 5.15. The van der Waals surface area contributed by atoms with E-state index in [2.05, 4.69) is 42.5 Å². The third kappa shape index (κ3) is 1.95. The van der Waals surface area contributed by atoms with Crippen LogP contribution >= 0.6 is 0 Å². The summed E-state index contributed by atoms with van der Waals surface area (Å²) in [4.78, 5) is 0. The topological polar surface area (TPSA) is 20.2 Å². The Bertz CT molecular complexity index is 954. The third-order valence-corrected chi connectivity index (χ3v) is 3.85. The second-order valence-electron chi connectivity index (χ2n) is 5.15. The van der Waals surface area contributed by atoms with Crippen LogP contribution in [-0.4, -0.2) is 5.11 Å². The molecule has 0 fully saturated rings. The van der Waals surface area contributed by atoms with Crippen molar-refractivity contribution >= 4 is 21.5 Å². The van der Waals surface area contributed by atoms with Crippen molar-refractivity contribution in [3.05, 3.63) is 78.9 Å². The number of rotatable bonds is 1. The van der Waals surface area contributed by atoms with Crippen LogP contribution in [-0.2, 0) is 0 Å². The Kier molecular flexibility index (Phi) is 2.65. The van der Waals surface area contributed by atoms with Crippen molar-refractivity contribution in [3.63, 3.8) is 0 Å². The van der Waals surface area contributed by atoms with Crippen molar-refractivity contribution < 1.29 is 5.11 Å². The van der Waals surface area contributed by atoms with Crippen LogP contribution in [0.1, 0.15) is 0 Å². The Morgan fingerprint density at radius 1 is 0.714 bits per heavy atom. The molecule has 0 saturated carbocycles. The monoisotopic (exact) mass is 269 g/mol. The molecule has 0 spiro atoms. The summed E-state index contributed by atoms with van der Waals surface area (Å²) < 4.78 is 0. The van der Waals surface area contributed by atoms with E-state index >= 15 is 0 Å². The number of phenols is 1. The van der Waals surface area contributed by atoms with Crippen molar-refractivity contribution in [1.29, 1.82) is 0 Å². The van der Waals surface area contributed by atoms with Gasteiger partial charge in [-0.2, -0.15) is 0 Å². The van der Waals surface area contributed by atoms with Gasteiger partial charge in [-0.15, -0.1) is 0 Å². The Labute approximate surface area is 123 Å². The fourth-order valence-corrected chi connectivity index (χ4v) is 2.87. The molecule has 0 atom stereocenters. The van der Waals surface area contributed by atoms with Crippen molar-refractivity contribution in [2.45, 2.75) is 0 Å². The number of hydrogen-bond donors (Lipinski definition) is 1. The number of benzene rings is 4. The van der Waals surface area contributed by atoms with Crippen LogP contribution in [0.25, 0.3) is 32.7 Å². The first-order valence-corrected chi connectivity index (χ1v) is 6.94. The van der Waals surface area contributed by atoms with Crippen LogP contribution in [0.3, 0.4) is 0 Å². The molecule has 21 heavy (non-hydrogen) atoms. The lowest BCUT2D eigenvalue weighted by Gasteiger charge is -2.09. The molecule has 1 nitrogen and oxygen atoms in total. The Balaban J connectivity index is 2.09. The Hall–Kier alpha value is -2.80. The smallest absolute Gasteiger partial charge is 0.116 e. The largest absolute Gasteiger partial charge is 0.508 e. The molecule has 0 saturated heterocycles. The molecule has 4 aromatic rings. The van der Waals surface area contributed by atoms with Gasteiger partial charge in [-0.05, 0) is 56.9 Å². The standard InChI is InChI=1S/C20H13O/c21-16-7-3-6-15(13-16)18-9-4-10-19-17-8-2-1-5-14(17)11-12-20(18)19/h1-10,12-13,21H. The average molecular weight is 269 g/mol. The van der Waals surface area contributed by atoms with Gasteiger partial charge in [0.25, 0.3) is 0 Å². The maximum Gasteiger partial charge on any atom is 0.116 e. The minimum atomic E-state index is 0.286. The molecular formula is C20H13O. The van der Waals surface area contributed by atoms with Crippen molar-refractivity contribution in [3.8, 4) is 16.9 Å². The van der Waals surface area contributed by atoms with E-state index in [4.69, 9.17) is 0 Å². The van der Waals surface area contributed by atoms with E-state index in [9.17, 15) is 5.11 Å². The highest BCUT2D eigenvalue weighted by Gasteiger charge is 2.06. The molecule has 0 aliphatic heterocycles. The van der Waals surface area contributed by atoms with E-state index in [1.165, 1.54) is 10.8 Å². The molecular weight excluding hydrogens is 256 g/mol. The summed E-state index contributed by atoms with van der Waals surface area (Å²) in [5, 5.41) is 14.4. The number of phenolic OH excluding ortho intramolecular Hbond substituents is 1. The fourth-order valence-electron chi connectivity index (χ4n) is 2.87. The molecule has 0 unspecified atom stereocenters. The lowest BCUT2D eigenvalue weighted by Crippen LogP contribution is -1.83. The van der Waals surface area contributed by atoms with Crippen LogP contribution in [0.15, 0.2) is 72.8 Å². The van der Waals surface area contributed by atoms with Gasteiger partial charge >= 0.3 is 0 Å². The van der Waals surface area contributed by atoms with Gasteiger partial charge < -0.3 is 5.11 Å². The summed E-state index contributed by atoms with van der Waals surface area (Å²) >= 11 is 0. The van der Waals surface area contributed by atoms with Gasteiger partial charge in [0.2, 0.25) is 0 Å². The van der Waals surface area contributed by atoms with Gasteiger partial charge in [0, 0.05) is 0 Å².